The van der Waals surface area contributed by atoms with Crippen LogP contribution in [0.3, 0.4) is 0 Å². The van der Waals surface area contributed by atoms with Crippen molar-refractivity contribution >= 4 is 23.6 Å². The van der Waals surface area contributed by atoms with Gasteiger partial charge in [0, 0.05) is 30.3 Å². The molecule has 7 nitrogen and oxygen atoms in total. The Labute approximate surface area is 153 Å². The zero-order valence-corrected chi connectivity index (χ0v) is 15.0. The summed E-state index contributed by atoms with van der Waals surface area (Å²) in [4.78, 5) is 37.3. The van der Waals surface area contributed by atoms with Gasteiger partial charge >= 0.3 is 6.09 Å². The molecule has 0 atom stereocenters. The third-order valence-corrected chi connectivity index (χ3v) is 4.91. The van der Waals surface area contributed by atoms with Gasteiger partial charge in [-0.15, -0.1) is 0 Å². The predicted octanol–water partition coefficient (Wildman–Crippen LogP) is 2.45. The number of hydrogen-bond donors (Lipinski definition) is 2. The fraction of sp³-hybridized carbons (Fsp3) is 0.526. The summed E-state index contributed by atoms with van der Waals surface area (Å²) in [7, 11) is 0. The number of nitrogens with one attached hydrogen (secondary N) is 2. The highest BCUT2D eigenvalue weighted by atomic mass is 16.6. The minimum atomic E-state index is -0.369. The number of rotatable bonds is 6. The summed E-state index contributed by atoms with van der Waals surface area (Å²) in [5.74, 6) is -0.235. The van der Waals surface area contributed by atoms with Gasteiger partial charge in [0.1, 0.15) is 6.61 Å². The van der Waals surface area contributed by atoms with Crippen LogP contribution in [0.15, 0.2) is 18.2 Å². The number of cyclic esters (lactones) is 1. The van der Waals surface area contributed by atoms with Crippen molar-refractivity contribution in [1.82, 2.24) is 10.2 Å². The van der Waals surface area contributed by atoms with Crippen LogP contribution < -0.4 is 10.6 Å². The van der Waals surface area contributed by atoms with E-state index in [2.05, 4.69) is 10.6 Å². The van der Waals surface area contributed by atoms with Crippen LogP contribution >= 0.6 is 0 Å². The van der Waals surface area contributed by atoms with E-state index in [9.17, 15) is 14.4 Å². The van der Waals surface area contributed by atoms with Gasteiger partial charge in [0.2, 0.25) is 5.91 Å². The standard InChI is InChI=1S/C19H25N3O4/c1-13-12-14(18(24)20-15-4-2-3-5-15)6-7-16(13)21-17(23)8-9-22-10-11-26-19(22)25/h6-7,12,15H,2-5,8-11H2,1H3,(H,20,24)(H,21,23). The van der Waals surface area contributed by atoms with Crippen LogP contribution in [0, 0.1) is 6.92 Å². The minimum Gasteiger partial charge on any atom is -0.448 e. The molecule has 1 aliphatic heterocycles. The van der Waals surface area contributed by atoms with E-state index in [1.165, 1.54) is 17.7 Å². The highest BCUT2D eigenvalue weighted by molar-refractivity contribution is 5.96. The largest absolute Gasteiger partial charge is 0.448 e. The molecular formula is C19H25N3O4. The molecule has 140 valence electrons. The van der Waals surface area contributed by atoms with Crippen LogP contribution in [0.25, 0.3) is 0 Å². The molecule has 0 aromatic heterocycles. The predicted molar refractivity (Wildman–Crippen MR) is 97.1 cm³/mol. The SMILES string of the molecule is Cc1cc(C(=O)NC2CCCC2)ccc1NC(=O)CCN1CCOC1=O. The van der Waals surface area contributed by atoms with Crippen molar-refractivity contribution < 1.29 is 19.1 Å². The van der Waals surface area contributed by atoms with Gasteiger partial charge in [-0.3, -0.25) is 9.59 Å². The molecule has 7 heteroatoms. The summed E-state index contributed by atoms with van der Waals surface area (Å²) in [6, 6.07) is 5.54. The van der Waals surface area contributed by atoms with Crippen LogP contribution in [0.4, 0.5) is 10.5 Å². The summed E-state index contributed by atoms with van der Waals surface area (Å²) in [5.41, 5.74) is 2.11. The smallest absolute Gasteiger partial charge is 0.409 e. The van der Waals surface area contributed by atoms with Crippen LogP contribution in [-0.2, 0) is 9.53 Å². The van der Waals surface area contributed by atoms with E-state index in [1.54, 1.807) is 18.2 Å². The molecule has 3 amide bonds. The Morgan fingerprint density at radius 3 is 2.69 bits per heavy atom. The third-order valence-electron chi connectivity index (χ3n) is 4.91. The molecule has 1 heterocycles. The number of hydrogen-bond acceptors (Lipinski definition) is 4. The maximum atomic E-state index is 12.3. The van der Waals surface area contributed by atoms with Gasteiger partial charge in [0.25, 0.3) is 5.91 Å². The molecule has 1 aromatic carbocycles. The van der Waals surface area contributed by atoms with Crippen molar-refractivity contribution in [1.29, 1.82) is 0 Å². The second-order valence-corrected chi connectivity index (χ2v) is 6.88. The van der Waals surface area contributed by atoms with Crippen molar-refractivity contribution in [2.45, 2.75) is 45.1 Å². The fourth-order valence-electron chi connectivity index (χ4n) is 3.36. The van der Waals surface area contributed by atoms with Crippen LogP contribution in [-0.4, -0.2) is 48.5 Å². The lowest BCUT2D eigenvalue weighted by atomic mass is 10.1. The van der Waals surface area contributed by atoms with Crippen molar-refractivity contribution in [3.05, 3.63) is 29.3 Å². The first kappa shape index (κ1) is 18.2. The molecule has 0 radical (unpaired) electrons. The molecule has 1 saturated carbocycles. The molecule has 26 heavy (non-hydrogen) atoms. The maximum Gasteiger partial charge on any atom is 0.409 e. The first-order valence-corrected chi connectivity index (χ1v) is 9.16. The first-order valence-electron chi connectivity index (χ1n) is 9.16. The highest BCUT2D eigenvalue weighted by Crippen LogP contribution is 2.20. The number of amides is 3. The van der Waals surface area contributed by atoms with Gasteiger partial charge in [-0.1, -0.05) is 12.8 Å². The first-order chi connectivity index (χ1) is 12.5. The quantitative estimate of drug-likeness (QED) is 0.817. The summed E-state index contributed by atoms with van der Waals surface area (Å²) in [6.07, 6.45) is 4.27. The van der Waals surface area contributed by atoms with Crippen molar-refractivity contribution in [3.63, 3.8) is 0 Å². The van der Waals surface area contributed by atoms with E-state index in [1.807, 2.05) is 6.92 Å². The number of aryl methyl sites for hydroxylation is 1. The van der Waals surface area contributed by atoms with E-state index in [0.29, 0.717) is 30.9 Å². The Morgan fingerprint density at radius 1 is 1.27 bits per heavy atom. The van der Waals surface area contributed by atoms with Crippen LogP contribution in [0.1, 0.15) is 48.0 Å². The van der Waals surface area contributed by atoms with E-state index in [-0.39, 0.29) is 30.4 Å². The van der Waals surface area contributed by atoms with E-state index >= 15 is 0 Å². The Kier molecular flexibility index (Phi) is 5.75. The summed E-state index contributed by atoms with van der Waals surface area (Å²) in [5, 5.41) is 5.90. The van der Waals surface area contributed by atoms with Gasteiger partial charge < -0.3 is 20.3 Å². The average Bonchev–Trinajstić information content (AvgIpc) is 3.26. The number of nitrogens with zero attached hydrogens (tertiary/aromatic N) is 1. The Morgan fingerprint density at radius 2 is 2.04 bits per heavy atom. The van der Waals surface area contributed by atoms with Gasteiger partial charge in [-0.25, -0.2) is 4.79 Å². The minimum absolute atomic E-state index is 0.0644. The fourth-order valence-corrected chi connectivity index (χ4v) is 3.36. The van der Waals surface area contributed by atoms with Gasteiger partial charge in [0.05, 0.1) is 6.54 Å². The second-order valence-electron chi connectivity index (χ2n) is 6.88. The van der Waals surface area contributed by atoms with Crippen LogP contribution in [0.2, 0.25) is 0 Å². The normalized spacial score (nSPS) is 17.3. The second kappa shape index (κ2) is 8.21. The Balaban J connectivity index is 1.52. The highest BCUT2D eigenvalue weighted by Gasteiger charge is 2.22. The topological polar surface area (TPSA) is 87.7 Å². The lowest BCUT2D eigenvalue weighted by molar-refractivity contribution is -0.116. The molecule has 3 rings (SSSR count). The molecule has 0 bridgehead atoms. The molecule has 0 spiro atoms. The van der Waals surface area contributed by atoms with Crippen molar-refractivity contribution in [2.75, 3.05) is 25.0 Å². The van der Waals surface area contributed by atoms with E-state index in [4.69, 9.17) is 4.74 Å². The number of benzene rings is 1. The molecule has 2 N–H and O–H groups in total. The number of ether oxygens (including phenoxy) is 1. The lowest BCUT2D eigenvalue weighted by Crippen LogP contribution is -2.32. The van der Waals surface area contributed by atoms with Crippen molar-refractivity contribution in [2.24, 2.45) is 0 Å². The molecule has 2 aliphatic rings. The Hall–Kier alpha value is -2.57. The number of carbonyl (C=O) groups excluding carboxylic acids is 3. The molecule has 2 fully saturated rings. The molecule has 0 unspecified atom stereocenters. The van der Waals surface area contributed by atoms with Gasteiger partial charge in [-0.2, -0.15) is 0 Å². The number of anilines is 1. The zero-order chi connectivity index (χ0) is 18.5. The van der Waals surface area contributed by atoms with Crippen LogP contribution in [0.5, 0.6) is 0 Å². The molecule has 1 saturated heterocycles. The Bertz CT molecular complexity index is 698. The van der Waals surface area contributed by atoms with E-state index in [0.717, 1.165) is 18.4 Å². The zero-order valence-electron chi connectivity index (χ0n) is 15.0. The third kappa shape index (κ3) is 4.53. The van der Waals surface area contributed by atoms with Gasteiger partial charge in [-0.05, 0) is 43.5 Å². The monoisotopic (exact) mass is 359 g/mol. The molecule has 1 aromatic rings. The van der Waals surface area contributed by atoms with Crippen molar-refractivity contribution in [3.8, 4) is 0 Å². The lowest BCUT2D eigenvalue weighted by Gasteiger charge is -2.15. The average molecular weight is 359 g/mol. The maximum absolute atomic E-state index is 12.3. The van der Waals surface area contributed by atoms with E-state index < -0.39 is 0 Å². The summed E-state index contributed by atoms with van der Waals surface area (Å²) < 4.78 is 4.84. The molecular weight excluding hydrogens is 334 g/mol. The molecule has 1 aliphatic carbocycles. The summed E-state index contributed by atoms with van der Waals surface area (Å²) in [6.45, 7) is 3.10. The number of carbonyl (C=O) groups is 3. The van der Waals surface area contributed by atoms with Gasteiger partial charge in [0.15, 0.2) is 0 Å². The summed E-state index contributed by atoms with van der Waals surface area (Å²) >= 11 is 0.